The molecule has 1 aliphatic rings. The van der Waals surface area contributed by atoms with Gasteiger partial charge in [-0.15, -0.1) is 0 Å². The molecule has 1 rings (SSSR count). The predicted octanol–water partition coefficient (Wildman–Crippen LogP) is 1.09. The zero-order valence-corrected chi connectivity index (χ0v) is 11.7. The van der Waals surface area contributed by atoms with Crippen LogP contribution in [0.2, 0.25) is 0 Å². The number of likely N-dealkylation sites (N-methyl/N-ethyl adjacent to an activating group) is 1. The number of carboxylic acids is 1. The second-order valence-electron chi connectivity index (χ2n) is 5.57. The average molecular weight is 256 g/mol. The van der Waals surface area contributed by atoms with Crippen LogP contribution in [-0.2, 0) is 9.59 Å². The van der Waals surface area contributed by atoms with Crippen molar-refractivity contribution >= 4 is 11.9 Å². The van der Waals surface area contributed by atoms with Gasteiger partial charge in [0, 0.05) is 13.1 Å². The molecule has 1 atom stereocenters. The highest BCUT2D eigenvalue weighted by Crippen LogP contribution is 2.35. The van der Waals surface area contributed by atoms with E-state index in [-0.39, 0.29) is 5.91 Å². The van der Waals surface area contributed by atoms with Gasteiger partial charge in [-0.05, 0) is 33.2 Å². The maximum atomic E-state index is 12.4. The van der Waals surface area contributed by atoms with Gasteiger partial charge in [-0.25, -0.2) is 0 Å². The molecule has 0 aliphatic carbocycles. The van der Waals surface area contributed by atoms with E-state index in [2.05, 4.69) is 5.32 Å². The number of nitrogens with one attached hydrogen (secondary N) is 1. The van der Waals surface area contributed by atoms with Gasteiger partial charge in [-0.1, -0.05) is 13.8 Å². The van der Waals surface area contributed by atoms with Crippen LogP contribution in [0.5, 0.6) is 0 Å². The maximum Gasteiger partial charge on any atom is 0.311 e. The minimum atomic E-state index is -0.790. The molecular formula is C13H24N2O3. The van der Waals surface area contributed by atoms with E-state index in [0.29, 0.717) is 32.5 Å². The number of carbonyl (C=O) groups excluding carboxylic acids is 1. The highest BCUT2D eigenvalue weighted by molar-refractivity contribution is 5.87. The first-order valence-electron chi connectivity index (χ1n) is 6.57. The molecule has 18 heavy (non-hydrogen) atoms. The molecule has 1 fully saturated rings. The van der Waals surface area contributed by atoms with Gasteiger partial charge in [-0.2, -0.15) is 0 Å². The fourth-order valence-electron chi connectivity index (χ4n) is 2.57. The minimum Gasteiger partial charge on any atom is -0.481 e. The van der Waals surface area contributed by atoms with E-state index in [0.717, 1.165) is 0 Å². The van der Waals surface area contributed by atoms with Crippen molar-refractivity contribution in [3.8, 4) is 0 Å². The van der Waals surface area contributed by atoms with Gasteiger partial charge < -0.3 is 15.3 Å². The molecule has 104 valence electrons. The Hall–Kier alpha value is -1.10. The van der Waals surface area contributed by atoms with Crippen molar-refractivity contribution in [2.24, 2.45) is 5.41 Å². The molecule has 1 heterocycles. The second kappa shape index (κ2) is 5.26. The Balaban J connectivity index is 2.78. The molecule has 1 amide bonds. The molecule has 0 radical (unpaired) electrons. The molecule has 1 unspecified atom stereocenters. The summed E-state index contributed by atoms with van der Waals surface area (Å²) in [6.07, 6.45) is 1.11. The van der Waals surface area contributed by atoms with Crippen molar-refractivity contribution in [3.05, 3.63) is 0 Å². The maximum absolute atomic E-state index is 12.4. The summed E-state index contributed by atoms with van der Waals surface area (Å²) in [5, 5.41) is 12.5. The van der Waals surface area contributed by atoms with Gasteiger partial charge in [0.25, 0.3) is 0 Å². The summed E-state index contributed by atoms with van der Waals surface area (Å²) in [6.45, 7) is 9.08. The summed E-state index contributed by atoms with van der Waals surface area (Å²) in [7, 11) is 0. The van der Waals surface area contributed by atoms with Crippen molar-refractivity contribution in [3.63, 3.8) is 0 Å². The molecule has 0 aromatic heterocycles. The molecule has 0 spiro atoms. The van der Waals surface area contributed by atoms with E-state index in [9.17, 15) is 14.7 Å². The van der Waals surface area contributed by atoms with Crippen LogP contribution in [0.25, 0.3) is 0 Å². The third kappa shape index (κ3) is 2.66. The first-order chi connectivity index (χ1) is 8.29. The number of rotatable bonds is 5. The summed E-state index contributed by atoms with van der Waals surface area (Å²) in [4.78, 5) is 25.4. The van der Waals surface area contributed by atoms with E-state index in [1.54, 1.807) is 4.90 Å². The van der Waals surface area contributed by atoms with Gasteiger partial charge in [0.05, 0.1) is 11.0 Å². The number of carbonyl (C=O) groups is 2. The number of hydrogen-bond donors (Lipinski definition) is 2. The van der Waals surface area contributed by atoms with Crippen molar-refractivity contribution in [2.75, 3.05) is 19.6 Å². The summed E-state index contributed by atoms with van der Waals surface area (Å²) in [5.41, 5.74) is -1.38. The number of amides is 1. The van der Waals surface area contributed by atoms with Crippen LogP contribution in [0.3, 0.4) is 0 Å². The van der Waals surface area contributed by atoms with Crippen LogP contribution in [0.15, 0.2) is 0 Å². The lowest BCUT2D eigenvalue weighted by molar-refractivity contribution is -0.149. The van der Waals surface area contributed by atoms with Gasteiger partial charge >= 0.3 is 5.97 Å². The Morgan fingerprint density at radius 2 is 2.00 bits per heavy atom. The van der Waals surface area contributed by atoms with Gasteiger partial charge in [0.1, 0.15) is 0 Å². The van der Waals surface area contributed by atoms with E-state index < -0.39 is 16.9 Å². The topological polar surface area (TPSA) is 69.6 Å². The largest absolute Gasteiger partial charge is 0.481 e. The summed E-state index contributed by atoms with van der Waals surface area (Å²) < 4.78 is 0. The Morgan fingerprint density at radius 3 is 2.39 bits per heavy atom. The van der Waals surface area contributed by atoms with E-state index in [1.165, 1.54) is 0 Å². The lowest BCUT2D eigenvalue weighted by Gasteiger charge is -2.31. The number of likely N-dealkylation sites (tertiary alicyclic amines) is 1. The lowest BCUT2D eigenvalue weighted by Crippen LogP contribution is -2.54. The molecule has 0 bridgehead atoms. The molecule has 1 aliphatic heterocycles. The van der Waals surface area contributed by atoms with Crippen LogP contribution in [0.1, 0.15) is 40.5 Å². The lowest BCUT2D eigenvalue weighted by atomic mass is 9.84. The summed E-state index contributed by atoms with van der Waals surface area (Å²) >= 11 is 0. The SMILES string of the molecule is CCNC(C)(C)C(=O)N1CCC(CC)(C(=O)O)C1. The van der Waals surface area contributed by atoms with E-state index in [1.807, 2.05) is 27.7 Å². The molecule has 2 N–H and O–H groups in total. The first-order valence-corrected chi connectivity index (χ1v) is 6.57. The Kier molecular flexibility index (Phi) is 4.37. The smallest absolute Gasteiger partial charge is 0.311 e. The Bertz CT molecular complexity index is 341. The van der Waals surface area contributed by atoms with Crippen molar-refractivity contribution < 1.29 is 14.7 Å². The van der Waals surface area contributed by atoms with Crippen LogP contribution in [-0.4, -0.2) is 47.1 Å². The van der Waals surface area contributed by atoms with E-state index in [4.69, 9.17) is 0 Å². The molecule has 5 nitrogen and oxygen atoms in total. The van der Waals surface area contributed by atoms with Gasteiger partial charge in [0.2, 0.25) is 5.91 Å². The highest BCUT2D eigenvalue weighted by atomic mass is 16.4. The van der Waals surface area contributed by atoms with Crippen molar-refractivity contribution in [2.45, 2.75) is 46.1 Å². The fourth-order valence-corrected chi connectivity index (χ4v) is 2.57. The predicted molar refractivity (Wildman–Crippen MR) is 69.3 cm³/mol. The molecular weight excluding hydrogens is 232 g/mol. The zero-order valence-electron chi connectivity index (χ0n) is 11.7. The zero-order chi connectivity index (χ0) is 14.0. The van der Waals surface area contributed by atoms with Crippen molar-refractivity contribution in [1.82, 2.24) is 10.2 Å². The number of aliphatic carboxylic acids is 1. The van der Waals surface area contributed by atoms with Gasteiger partial charge in [0.15, 0.2) is 0 Å². The number of hydrogen-bond acceptors (Lipinski definition) is 3. The molecule has 1 saturated heterocycles. The molecule has 0 aromatic rings. The number of carboxylic acid groups (broad SMARTS) is 1. The van der Waals surface area contributed by atoms with Crippen LogP contribution in [0, 0.1) is 5.41 Å². The summed E-state index contributed by atoms with van der Waals surface area (Å²) in [6, 6.07) is 0. The molecule has 0 saturated carbocycles. The van der Waals surface area contributed by atoms with Crippen LogP contribution in [0.4, 0.5) is 0 Å². The monoisotopic (exact) mass is 256 g/mol. The highest BCUT2D eigenvalue weighted by Gasteiger charge is 2.46. The average Bonchev–Trinajstić information content (AvgIpc) is 2.73. The quantitative estimate of drug-likeness (QED) is 0.772. The Morgan fingerprint density at radius 1 is 1.39 bits per heavy atom. The minimum absolute atomic E-state index is 0.0130. The number of nitrogens with zero attached hydrogens (tertiary/aromatic N) is 1. The third-order valence-corrected chi connectivity index (χ3v) is 3.92. The second-order valence-corrected chi connectivity index (χ2v) is 5.57. The van der Waals surface area contributed by atoms with Crippen LogP contribution >= 0.6 is 0 Å². The first kappa shape index (κ1) is 15.0. The Labute approximate surface area is 109 Å². The normalized spacial score (nSPS) is 24.3. The standard InChI is InChI=1S/C13H24N2O3/c1-5-13(11(17)18)7-8-15(9-13)10(16)12(3,4)14-6-2/h14H,5-9H2,1-4H3,(H,17,18). The molecule has 5 heteroatoms. The van der Waals surface area contributed by atoms with Crippen LogP contribution < -0.4 is 5.32 Å². The third-order valence-electron chi connectivity index (χ3n) is 3.92. The summed E-state index contributed by atoms with van der Waals surface area (Å²) in [5.74, 6) is -0.803. The molecule has 0 aromatic carbocycles. The van der Waals surface area contributed by atoms with Crippen molar-refractivity contribution in [1.29, 1.82) is 0 Å². The fraction of sp³-hybridized carbons (Fsp3) is 0.846. The van der Waals surface area contributed by atoms with E-state index >= 15 is 0 Å². The van der Waals surface area contributed by atoms with Gasteiger partial charge in [-0.3, -0.25) is 9.59 Å².